The van der Waals surface area contributed by atoms with Gasteiger partial charge in [0.05, 0.1) is 18.6 Å². The van der Waals surface area contributed by atoms with Gasteiger partial charge < -0.3 is 0 Å². The maximum absolute atomic E-state index is 11.6. The van der Waals surface area contributed by atoms with E-state index < -0.39 is 0 Å². The van der Waals surface area contributed by atoms with Gasteiger partial charge in [-0.3, -0.25) is 9.69 Å². The van der Waals surface area contributed by atoms with Crippen molar-refractivity contribution in [1.29, 1.82) is 0 Å². The third kappa shape index (κ3) is 2.20. The summed E-state index contributed by atoms with van der Waals surface area (Å²) in [5.74, 6) is 0.330. The number of Topliss-reactive ketones (excluding diaryl/α,β-unsaturated/α-hetero) is 1. The number of nitrogens with zero attached hydrogens (tertiary/aromatic N) is 1. The van der Waals surface area contributed by atoms with Crippen molar-refractivity contribution >= 4 is 5.78 Å². The molecule has 0 saturated carbocycles. The first kappa shape index (κ1) is 12.1. The quantitative estimate of drug-likeness (QED) is 0.835. The van der Waals surface area contributed by atoms with Crippen LogP contribution in [0.25, 0.3) is 0 Å². The van der Waals surface area contributed by atoms with Crippen LogP contribution in [0.15, 0.2) is 60.7 Å². The van der Waals surface area contributed by atoms with Crippen molar-refractivity contribution in [3.63, 3.8) is 0 Å². The molecule has 0 radical (unpaired) electrons. The highest BCUT2D eigenvalue weighted by Crippen LogP contribution is 2.33. The summed E-state index contributed by atoms with van der Waals surface area (Å²) in [4.78, 5) is 13.8. The number of rotatable bonds is 3. The zero-order valence-electron chi connectivity index (χ0n) is 11.0. The SMILES string of the molecule is C[C@@H]1C(=O)CN1C(c1ccccc1)c1ccccc1. The van der Waals surface area contributed by atoms with E-state index in [-0.39, 0.29) is 12.1 Å². The largest absolute Gasteiger partial charge is 0.296 e. The molecule has 19 heavy (non-hydrogen) atoms. The smallest absolute Gasteiger partial charge is 0.163 e. The number of carbonyl (C=O) groups is 1. The van der Waals surface area contributed by atoms with Crippen LogP contribution in [0.4, 0.5) is 0 Å². The summed E-state index contributed by atoms with van der Waals surface area (Å²) in [5.41, 5.74) is 2.49. The predicted octanol–water partition coefficient (Wildman–Crippen LogP) is 3.05. The summed E-state index contributed by atoms with van der Waals surface area (Å²) in [6.07, 6.45) is 0. The second kappa shape index (κ2) is 4.98. The molecule has 96 valence electrons. The van der Waals surface area contributed by atoms with Gasteiger partial charge in [-0.25, -0.2) is 0 Å². The van der Waals surface area contributed by atoms with Crippen LogP contribution in [-0.2, 0) is 4.79 Å². The van der Waals surface area contributed by atoms with Gasteiger partial charge in [0, 0.05) is 0 Å². The van der Waals surface area contributed by atoms with Gasteiger partial charge in [0.1, 0.15) is 0 Å². The number of likely N-dealkylation sites (tertiary alicyclic amines) is 1. The van der Waals surface area contributed by atoms with Gasteiger partial charge in [-0.1, -0.05) is 60.7 Å². The van der Waals surface area contributed by atoms with Crippen LogP contribution in [0.1, 0.15) is 24.1 Å². The lowest BCUT2D eigenvalue weighted by Gasteiger charge is -2.43. The molecule has 1 fully saturated rings. The number of hydrogen-bond donors (Lipinski definition) is 0. The van der Waals surface area contributed by atoms with E-state index in [2.05, 4.69) is 53.4 Å². The lowest BCUT2D eigenvalue weighted by atomic mass is 9.91. The summed E-state index contributed by atoms with van der Waals surface area (Å²) in [7, 11) is 0. The van der Waals surface area contributed by atoms with E-state index in [1.807, 2.05) is 19.1 Å². The number of carbonyl (C=O) groups excluding carboxylic acids is 1. The van der Waals surface area contributed by atoms with Crippen molar-refractivity contribution < 1.29 is 4.79 Å². The third-order valence-electron chi connectivity index (χ3n) is 3.86. The molecule has 2 aromatic rings. The van der Waals surface area contributed by atoms with Crippen molar-refractivity contribution in [2.45, 2.75) is 19.0 Å². The second-order valence-corrected chi connectivity index (χ2v) is 5.04. The minimum Gasteiger partial charge on any atom is -0.296 e. The Morgan fingerprint density at radius 2 is 1.42 bits per heavy atom. The Bertz CT molecular complexity index is 525. The van der Waals surface area contributed by atoms with Crippen LogP contribution >= 0.6 is 0 Å². The predicted molar refractivity (Wildman–Crippen MR) is 75.9 cm³/mol. The van der Waals surface area contributed by atoms with E-state index in [1.165, 1.54) is 11.1 Å². The Morgan fingerprint density at radius 3 is 1.79 bits per heavy atom. The molecule has 1 aliphatic rings. The van der Waals surface area contributed by atoms with Gasteiger partial charge in [0.15, 0.2) is 5.78 Å². The fourth-order valence-corrected chi connectivity index (χ4v) is 2.68. The Kier molecular flexibility index (Phi) is 3.18. The van der Waals surface area contributed by atoms with E-state index >= 15 is 0 Å². The van der Waals surface area contributed by atoms with Gasteiger partial charge in [-0.2, -0.15) is 0 Å². The summed E-state index contributed by atoms with van der Waals surface area (Å²) in [6, 6.07) is 21.0. The minimum atomic E-state index is 0.0189. The van der Waals surface area contributed by atoms with Crippen LogP contribution in [0.5, 0.6) is 0 Å². The fourth-order valence-electron chi connectivity index (χ4n) is 2.68. The van der Waals surface area contributed by atoms with E-state index in [4.69, 9.17) is 0 Å². The summed E-state index contributed by atoms with van der Waals surface area (Å²) in [6.45, 7) is 2.54. The average molecular weight is 251 g/mol. The summed E-state index contributed by atoms with van der Waals surface area (Å²) < 4.78 is 0. The fraction of sp³-hybridized carbons (Fsp3) is 0.235. The van der Waals surface area contributed by atoms with Gasteiger partial charge in [0.25, 0.3) is 0 Å². The number of benzene rings is 2. The molecule has 0 unspecified atom stereocenters. The van der Waals surface area contributed by atoms with Crippen molar-refractivity contribution in [3.05, 3.63) is 71.8 Å². The minimum absolute atomic E-state index is 0.0189. The highest BCUT2D eigenvalue weighted by Gasteiger charge is 2.39. The van der Waals surface area contributed by atoms with Crippen LogP contribution in [0.3, 0.4) is 0 Å². The zero-order valence-corrected chi connectivity index (χ0v) is 11.0. The Labute approximate surface area is 113 Å². The molecule has 1 aliphatic heterocycles. The van der Waals surface area contributed by atoms with Crippen molar-refractivity contribution in [2.24, 2.45) is 0 Å². The Morgan fingerprint density at radius 1 is 0.947 bits per heavy atom. The van der Waals surface area contributed by atoms with Crippen molar-refractivity contribution in [3.8, 4) is 0 Å². The topological polar surface area (TPSA) is 20.3 Å². The molecule has 0 spiro atoms. The lowest BCUT2D eigenvalue weighted by Crippen LogP contribution is -2.56. The van der Waals surface area contributed by atoms with E-state index in [1.54, 1.807) is 0 Å². The van der Waals surface area contributed by atoms with Crippen molar-refractivity contribution in [1.82, 2.24) is 4.90 Å². The molecule has 0 N–H and O–H groups in total. The first-order valence-electron chi connectivity index (χ1n) is 6.66. The Hall–Kier alpha value is -1.93. The van der Waals surface area contributed by atoms with Gasteiger partial charge in [-0.15, -0.1) is 0 Å². The molecule has 0 aromatic heterocycles. The molecule has 1 saturated heterocycles. The summed E-state index contributed by atoms with van der Waals surface area (Å²) >= 11 is 0. The molecule has 0 bridgehead atoms. The van der Waals surface area contributed by atoms with Gasteiger partial charge >= 0.3 is 0 Å². The van der Waals surface area contributed by atoms with Crippen LogP contribution in [-0.4, -0.2) is 23.3 Å². The standard InChI is InChI=1S/C17H17NO/c1-13-16(19)12-18(13)17(14-8-4-2-5-9-14)15-10-6-3-7-11-15/h2-11,13,17H,12H2,1H3/t13-/m1/s1. The lowest BCUT2D eigenvalue weighted by molar-refractivity contribution is -0.137. The molecule has 3 rings (SSSR count). The molecule has 2 aromatic carbocycles. The number of hydrogen-bond acceptors (Lipinski definition) is 2. The van der Waals surface area contributed by atoms with Crippen molar-refractivity contribution in [2.75, 3.05) is 6.54 Å². The molecule has 1 heterocycles. The van der Waals surface area contributed by atoms with Gasteiger partial charge in [-0.05, 0) is 18.1 Å². The molecule has 0 amide bonds. The third-order valence-corrected chi connectivity index (χ3v) is 3.86. The van der Waals surface area contributed by atoms with Crippen LogP contribution < -0.4 is 0 Å². The molecule has 2 heteroatoms. The Balaban J connectivity index is 2.00. The van der Waals surface area contributed by atoms with E-state index in [9.17, 15) is 4.79 Å². The molecular weight excluding hydrogens is 234 g/mol. The zero-order chi connectivity index (χ0) is 13.2. The van der Waals surface area contributed by atoms with Gasteiger partial charge in [0.2, 0.25) is 0 Å². The summed E-state index contributed by atoms with van der Waals surface area (Å²) in [5, 5.41) is 0. The normalized spacial score (nSPS) is 19.5. The maximum Gasteiger partial charge on any atom is 0.163 e. The first-order chi connectivity index (χ1) is 9.27. The van der Waals surface area contributed by atoms with E-state index in [0.717, 1.165) is 0 Å². The molecule has 0 aliphatic carbocycles. The molecular formula is C17H17NO. The monoisotopic (exact) mass is 251 g/mol. The van der Waals surface area contributed by atoms with E-state index in [0.29, 0.717) is 12.3 Å². The highest BCUT2D eigenvalue weighted by molar-refractivity contribution is 5.91. The number of ketones is 1. The first-order valence-corrected chi connectivity index (χ1v) is 6.66. The van der Waals surface area contributed by atoms with Crippen LogP contribution in [0.2, 0.25) is 0 Å². The highest BCUT2D eigenvalue weighted by atomic mass is 16.1. The molecule has 1 atom stereocenters. The molecule has 2 nitrogen and oxygen atoms in total. The average Bonchev–Trinajstić information content (AvgIpc) is 2.49. The van der Waals surface area contributed by atoms with Crippen LogP contribution in [0, 0.1) is 0 Å². The second-order valence-electron chi connectivity index (χ2n) is 5.04. The maximum atomic E-state index is 11.6.